The largest absolute Gasteiger partial charge is 0.0888 e. The molecule has 0 heterocycles. The Morgan fingerprint density at radius 3 is 2.57 bits per heavy atom. The highest BCUT2D eigenvalue weighted by Crippen LogP contribution is 1.90. The molecule has 0 aromatic heterocycles. The minimum Gasteiger partial charge on any atom is -0.0888 e. The Morgan fingerprint density at radius 2 is 2.14 bits per heavy atom. The normalized spacial score (nSPS) is 10.6. The molecular formula is C6H11I. The van der Waals surface area contributed by atoms with Crippen LogP contribution in [0.4, 0.5) is 0 Å². The van der Waals surface area contributed by atoms with E-state index >= 15 is 0 Å². The summed E-state index contributed by atoms with van der Waals surface area (Å²) in [6.07, 6.45) is 6.84. The molecule has 42 valence electrons. The summed E-state index contributed by atoms with van der Waals surface area (Å²) < 4.78 is 1.24. The van der Waals surface area contributed by atoms with Gasteiger partial charge in [-0.25, -0.2) is 0 Å². The lowest BCUT2D eigenvalue weighted by molar-refractivity contribution is 1.17. The summed E-state index contributed by atoms with van der Waals surface area (Å²) in [5, 5.41) is 0. The molecule has 0 N–H and O–H groups in total. The molecular weight excluding hydrogens is 199 g/mol. The van der Waals surface area contributed by atoms with Gasteiger partial charge in [-0.2, -0.15) is 0 Å². The van der Waals surface area contributed by atoms with Gasteiger partial charge in [0.2, 0.25) is 0 Å². The second-order valence-corrected chi connectivity index (χ2v) is 2.44. The van der Waals surface area contributed by atoms with E-state index in [2.05, 4.69) is 41.7 Å². The number of hydrogen-bond acceptors (Lipinski definition) is 0. The lowest BCUT2D eigenvalue weighted by Crippen LogP contribution is -1.63. The third-order valence-corrected chi connectivity index (χ3v) is 1.30. The molecule has 0 amide bonds. The lowest BCUT2D eigenvalue weighted by atomic mass is 10.4. The summed E-state index contributed by atoms with van der Waals surface area (Å²) in [5.41, 5.74) is 0. The molecule has 0 aliphatic heterocycles. The first-order valence-corrected chi connectivity index (χ1v) is 4.15. The maximum atomic E-state index is 2.38. The van der Waals surface area contributed by atoms with Crippen molar-refractivity contribution in [2.45, 2.75) is 19.8 Å². The van der Waals surface area contributed by atoms with E-state index in [-0.39, 0.29) is 0 Å². The van der Waals surface area contributed by atoms with Gasteiger partial charge in [0, 0.05) is 4.43 Å². The molecule has 0 fully saturated rings. The van der Waals surface area contributed by atoms with Gasteiger partial charge in [-0.05, 0) is 12.8 Å². The fourth-order valence-corrected chi connectivity index (χ4v) is 0.707. The summed E-state index contributed by atoms with van der Waals surface area (Å²) >= 11 is 2.38. The third kappa shape index (κ3) is 6.47. The van der Waals surface area contributed by atoms with Gasteiger partial charge >= 0.3 is 0 Å². The molecule has 0 saturated carbocycles. The highest BCUT2D eigenvalue weighted by Gasteiger charge is 1.69. The van der Waals surface area contributed by atoms with Gasteiger partial charge < -0.3 is 0 Å². The van der Waals surface area contributed by atoms with Crippen LogP contribution in [0.1, 0.15) is 19.8 Å². The average Bonchev–Trinajstić information content (AvgIpc) is 1.69. The fraction of sp³-hybridized carbons (Fsp3) is 0.667. The second kappa shape index (κ2) is 6.47. The number of rotatable bonds is 3. The van der Waals surface area contributed by atoms with Crippen LogP contribution in [0.15, 0.2) is 12.2 Å². The zero-order chi connectivity index (χ0) is 5.54. The molecule has 0 bridgehead atoms. The molecule has 0 spiro atoms. The Labute approximate surface area is 59.1 Å². The highest BCUT2D eigenvalue weighted by atomic mass is 127. The molecule has 0 saturated heterocycles. The predicted octanol–water partition coefficient (Wildman–Crippen LogP) is 2.78. The topological polar surface area (TPSA) is 0 Å². The van der Waals surface area contributed by atoms with Crippen molar-refractivity contribution >= 4 is 22.6 Å². The van der Waals surface area contributed by atoms with Crippen LogP contribution in [0.25, 0.3) is 0 Å². The maximum Gasteiger partial charge on any atom is 0.00299 e. The van der Waals surface area contributed by atoms with Gasteiger partial charge in [0.25, 0.3) is 0 Å². The minimum absolute atomic E-state index is 1.18. The van der Waals surface area contributed by atoms with Crippen molar-refractivity contribution in [2.75, 3.05) is 4.43 Å². The van der Waals surface area contributed by atoms with Crippen molar-refractivity contribution in [3.63, 3.8) is 0 Å². The monoisotopic (exact) mass is 210 g/mol. The molecule has 0 rings (SSSR count). The van der Waals surface area contributed by atoms with Gasteiger partial charge in [0.15, 0.2) is 0 Å². The van der Waals surface area contributed by atoms with Gasteiger partial charge in [0.1, 0.15) is 0 Å². The van der Waals surface area contributed by atoms with Gasteiger partial charge in [-0.3, -0.25) is 0 Å². The molecule has 0 aromatic carbocycles. The van der Waals surface area contributed by atoms with Crippen LogP contribution in [-0.2, 0) is 0 Å². The summed E-state index contributed by atoms with van der Waals surface area (Å²) in [7, 11) is 0. The highest BCUT2D eigenvalue weighted by molar-refractivity contribution is 14.1. The summed E-state index contributed by atoms with van der Waals surface area (Å²) in [6, 6.07) is 0. The molecule has 0 radical (unpaired) electrons. The van der Waals surface area contributed by atoms with Crippen LogP contribution in [0.3, 0.4) is 0 Å². The first-order valence-electron chi connectivity index (χ1n) is 2.62. The van der Waals surface area contributed by atoms with Crippen LogP contribution in [0.2, 0.25) is 0 Å². The molecule has 0 nitrogen and oxygen atoms in total. The van der Waals surface area contributed by atoms with E-state index in [4.69, 9.17) is 0 Å². The van der Waals surface area contributed by atoms with E-state index in [1.54, 1.807) is 0 Å². The zero-order valence-electron chi connectivity index (χ0n) is 4.65. The van der Waals surface area contributed by atoms with E-state index in [0.717, 1.165) is 0 Å². The Morgan fingerprint density at radius 1 is 1.43 bits per heavy atom. The molecule has 0 aliphatic carbocycles. The Kier molecular flexibility index (Phi) is 6.90. The van der Waals surface area contributed by atoms with Gasteiger partial charge in [0.05, 0.1) is 0 Å². The van der Waals surface area contributed by atoms with Crippen molar-refractivity contribution in [2.24, 2.45) is 0 Å². The molecule has 0 aromatic rings. The van der Waals surface area contributed by atoms with E-state index in [0.29, 0.717) is 0 Å². The molecule has 0 unspecified atom stereocenters. The van der Waals surface area contributed by atoms with E-state index < -0.39 is 0 Å². The van der Waals surface area contributed by atoms with Crippen LogP contribution < -0.4 is 0 Å². The van der Waals surface area contributed by atoms with Crippen molar-refractivity contribution in [3.05, 3.63) is 12.2 Å². The van der Waals surface area contributed by atoms with Gasteiger partial charge in [-0.15, -0.1) is 0 Å². The SMILES string of the molecule is CC/C=C/CCI. The Bertz CT molecular complexity index is 48.1. The van der Waals surface area contributed by atoms with Crippen LogP contribution in [0, 0.1) is 0 Å². The first kappa shape index (κ1) is 7.47. The summed E-state index contributed by atoms with van der Waals surface area (Å²) in [5.74, 6) is 0. The zero-order valence-corrected chi connectivity index (χ0v) is 6.81. The van der Waals surface area contributed by atoms with Crippen molar-refractivity contribution < 1.29 is 0 Å². The van der Waals surface area contributed by atoms with Crippen LogP contribution >= 0.6 is 22.6 Å². The average molecular weight is 210 g/mol. The standard InChI is InChI=1S/C6H11I/c1-2-3-4-5-6-7/h3-4H,2,5-6H2,1H3/b4-3+. The number of alkyl halides is 1. The molecule has 7 heavy (non-hydrogen) atoms. The number of allylic oxidation sites excluding steroid dienone is 2. The summed E-state index contributed by atoms with van der Waals surface area (Å²) in [6.45, 7) is 2.16. The third-order valence-electron chi connectivity index (χ3n) is 0.678. The minimum atomic E-state index is 1.18. The summed E-state index contributed by atoms with van der Waals surface area (Å²) in [4.78, 5) is 0. The van der Waals surface area contributed by atoms with Crippen LogP contribution in [-0.4, -0.2) is 4.43 Å². The molecule has 0 atom stereocenters. The van der Waals surface area contributed by atoms with Gasteiger partial charge in [-0.1, -0.05) is 41.7 Å². The second-order valence-electron chi connectivity index (χ2n) is 1.36. The Hall–Kier alpha value is 0.470. The fourth-order valence-electron chi connectivity index (χ4n) is 0.348. The van der Waals surface area contributed by atoms with Crippen molar-refractivity contribution in [3.8, 4) is 0 Å². The Balaban J connectivity index is 2.78. The van der Waals surface area contributed by atoms with E-state index in [9.17, 15) is 0 Å². The van der Waals surface area contributed by atoms with Crippen molar-refractivity contribution in [1.82, 2.24) is 0 Å². The van der Waals surface area contributed by atoms with E-state index in [1.807, 2.05) is 0 Å². The molecule has 0 aliphatic rings. The first-order chi connectivity index (χ1) is 3.41. The molecule has 1 heteroatoms. The van der Waals surface area contributed by atoms with E-state index in [1.165, 1.54) is 17.3 Å². The lowest BCUT2D eigenvalue weighted by Gasteiger charge is -1.78. The maximum absolute atomic E-state index is 2.38. The smallest absolute Gasteiger partial charge is 0.00299 e. The van der Waals surface area contributed by atoms with Crippen LogP contribution in [0.5, 0.6) is 0 Å². The quantitative estimate of drug-likeness (QED) is 0.381. The van der Waals surface area contributed by atoms with Crippen molar-refractivity contribution in [1.29, 1.82) is 0 Å². The predicted molar refractivity (Wildman–Crippen MR) is 42.9 cm³/mol. The number of hydrogen-bond donors (Lipinski definition) is 0. The number of halogens is 1.